The van der Waals surface area contributed by atoms with Gasteiger partial charge in [-0.25, -0.2) is 13.4 Å². The molecule has 0 aliphatic carbocycles. The van der Waals surface area contributed by atoms with Crippen LogP contribution in [0.25, 0.3) is 10.2 Å². The Balaban J connectivity index is 1.31. The van der Waals surface area contributed by atoms with Crippen LogP contribution in [0.2, 0.25) is 0 Å². The Hall–Kier alpha value is -1.98. The standard InChI is InChI=1S/C19H23N5O3S3/c1-23(10-17-20-14-5-3-4-6-15(14)29-17)18(25)11-28-19-22-21-16(24(19)2)9-13-7-8-30(26,27)12-13/h3-6,13H,7-12H2,1-2H3/t13-/m0/s1. The number of benzene rings is 1. The number of carbonyl (C=O) groups excluding carboxylic acids is 1. The van der Waals surface area contributed by atoms with E-state index in [0.29, 0.717) is 24.5 Å². The van der Waals surface area contributed by atoms with Gasteiger partial charge in [-0.15, -0.1) is 21.5 Å². The van der Waals surface area contributed by atoms with Crippen molar-refractivity contribution < 1.29 is 13.2 Å². The van der Waals surface area contributed by atoms with Gasteiger partial charge in [0.2, 0.25) is 5.91 Å². The highest BCUT2D eigenvalue weighted by molar-refractivity contribution is 7.99. The van der Waals surface area contributed by atoms with Crippen molar-refractivity contribution in [3.63, 3.8) is 0 Å². The van der Waals surface area contributed by atoms with Crippen LogP contribution < -0.4 is 0 Å². The predicted molar refractivity (Wildman–Crippen MR) is 118 cm³/mol. The molecule has 160 valence electrons. The van der Waals surface area contributed by atoms with E-state index in [1.54, 1.807) is 23.3 Å². The van der Waals surface area contributed by atoms with E-state index in [2.05, 4.69) is 15.2 Å². The van der Waals surface area contributed by atoms with Crippen molar-refractivity contribution in [2.24, 2.45) is 13.0 Å². The summed E-state index contributed by atoms with van der Waals surface area (Å²) in [5.41, 5.74) is 0.953. The zero-order valence-corrected chi connectivity index (χ0v) is 19.3. The van der Waals surface area contributed by atoms with E-state index in [4.69, 9.17) is 0 Å². The van der Waals surface area contributed by atoms with Crippen molar-refractivity contribution in [1.82, 2.24) is 24.6 Å². The average Bonchev–Trinajstić information content (AvgIpc) is 3.37. The number of para-hydroxylation sites is 1. The molecule has 1 atom stereocenters. The van der Waals surface area contributed by atoms with E-state index in [1.165, 1.54) is 11.8 Å². The molecule has 0 radical (unpaired) electrons. The van der Waals surface area contributed by atoms with Gasteiger partial charge in [0.1, 0.15) is 10.8 Å². The second-order valence-corrected chi connectivity index (χ2v) is 11.8. The molecule has 0 saturated carbocycles. The van der Waals surface area contributed by atoms with Gasteiger partial charge in [-0.2, -0.15) is 0 Å². The lowest BCUT2D eigenvalue weighted by Gasteiger charge is -2.15. The molecule has 1 aliphatic heterocycles. The number of hydrogen-bond donors (Lipinski definition) is 0. The molecule has 1 amide bonds. The highest BCUT2D eigenvalue weighted by Crippen LogP contribution is 2.25. The zero-order chi connectivity index (χ0) is 21.3. The molecular weight excluding hydrogens is 442 g/mol. The molecular formula is C19H23N5O3S3. The number of thioether (sulfide) groups is 1. The summed E-state index contributed by atoms with van der Waals surface area (Å²) in [5.74, 6) is 1.58. The van der Waals surface area contributed by atoms with Gasteiger partial charge in [-0.1, -0.05) is 23.9 Å². The fraction of sp³-hybridized carbons (Fsp3) is 0.474. The minimum Gasteiger partial charge on any atom is -0.338 e. The van der Waals surface area contributed by atoms with Crippen LogP contribution in [0.4, 0.5) is 0 Å². The zero-order valence-electron chi connectivity index (χ0n) is 16.8. The fourth-order valence-electron chi connectivity index (χ4n) is 3.45. The molecule has 11 heteroatoms. The van der Waals surface area contributed by atoms with Gasteiger partial charge in [0.05, 0.1) is 34.0 Å². The summed E-state index contributed by atoms with van der Waals surface area (Å²) in [4.78, 5) is 18.8. The number of nitrogens with zero attached hydrogens (tertiary/aromatic N) is 5. The summed E-state index contributed by atoms with van der Waals surface area (Å²) in [5, 5.41) is 9.96. The van der Waals surface area contributed by atoms with Crippen molar-refractivity contribution >= 4 is 49.1 Å². The SMILES string of the molecule is CN(Cc1nc2ccccc2s1)C(=O)CSc1nnc(C[C@@H]2CCS(=O)(=O)C2)n1C. The quantitative estimate of drug-likeness (QED) is 0.493. The van der Waals surface area contributed by atoms with E-state index in [0.717, 1.165) is 21.0 Å². The maximum Gasteiger partial charge on any atom is 0.233 e. The number of aromatic nitrogens is 4. The number of hydrogen-bond acceptors (Lipinski definition) is 8. The predicted octanol–water partition coefficient (Wildman–Crippen LogP) is 2.15. The van der Waals surface area contributed by atoms with Gasteiger partial charge in [-0.3, -0.25) is 4.79 Å². The number of amides is 1. The summed E-state index contributed by atoms with van der Waals surface area (Å²) >= 11 is 2.94. The lowest BCUT2D eigenvalue weighted by Crippen LogP contribution is -2.27. The van der Waals surface area contributed by atoms with E-state index in [9.17, 15) is 13.2 Å². The molecule has 0 spiro atoms. The highest BCUT2D eigenvalue weighted by Gasteiger charge is 2.29. The minimum absolute atomic E-state index is 0.00862. The first-order valence-corrected chi connectivity index (χ1v) is 13.2. The van der Waals surface area contributed by atoms with Crippen LogP contribution in [0.1, 0.15) is 17.3 Å². The van der Waals surface area contributed by atoms with E-state index in [1.807, 2.05) is 35.9 Å². The van der Waals surface area contributed by atoms with Crippen molar-refractivity contribution in [1.29, 1.82) is 0 Å². The van der Waals surface area contributed by atoms with Crippen LogP contribution in [-0.2, 0) is 34.6 Å². The summed E-state index contributed by atoms with van der Waals surface area (Å²) < 4.78 is 26.3. The van der Waals surface area contributed by atoms with Gasteiger partial charge >= 0.3 is 0 Å². The number of thiazole rings is 1. The van der Waals surface area contributed by atoms with Crippen LogP contribution in [0.15, 0.2) is 29.4 Å². The Morgan fingerprint density at radius 2 is 2.13 bits per heavy atom. The second kappa shape index (κ2) is 8.64. The molecule has 0 unspecified atom stereocenters. The molecule has 3 aromatic rings. The fourth-order valence-corrected chi connectivity index (χ4v) is 7.21. The van der Waals surface area contributed by atoms with E-state index < -0.39 is 9.84 Å². The van der Waals surface area contributed by atoms with Crippen LogP contribution in [0.5, 0.6) is 0 Å². The highest BCUT2D eigenvalue weighted by atomic mass is 32.2. The molecule has 1 fully saturated rings. The third kappa shape index (κ3) is 4.84. The Morgan fingerprint density at radius 1 is 1.33 bits per heavy atom. The first kappa shape index (κ1) is 21.3. The maximum atomic E-state index is 12.6. The van der Waals surface area contributed by atoms with Crippen LogP contribution in [0, 0.1) is 5.92 Å². The Bertz CT molecular complexity index is 1140. The summed E-state index contributed by atoms with van der Waals surface area (Å²) in [6, 6.07) is 7.94. The first-order valence-electron chi connectivity index (χ1n) is 9.60. The monoisotopic (exact) mass is 465 g/mol. The average molecular weight is 466 g/mol. The minimum atomic E-state index is -2.90. The van der Waals surface area contributed by atoms with Crippen molar-refractivity contribution in [2.45, 2.75) is 24.5 Å². The molecule has 0 bridgehead atoms. The van der Waals surface area contributed by atoms with Gasteiger partial charge in [0, 0.05) is 20.5 Å². The summed E-state index contributed by atoms with van der Waals surface area (Å²) in [7, 11) is 0.729. The molecule has 8 nitrogen and oxygen atoms in total. The molecule has 1 saturated heterocycles. The molecule has 2 aromatic heterocycles. The topological polar surface area (TPSA) is 98.1 Å². The number of fused-ring (bicyclic) bond motifs is 1. The number of sulfone groups is 1. The largest absolute Gasteiger partial charge is 0.338 e. The third-order valence-corrected chi connectivity index (χ3v) is 9.05. The Kier molecular flexibility index (Phi) is 6.12. The number of rotatable bonds is 7. The molecule has 30 heavy (non-hydrogen) atoms. The first-order chi connectivity index (χ1) is 14.3. The smallest absolute Gasteiger partial charge is 0.233 e. The summed E-state index contributed by atoms with van der Waals surface area (Å²) in [6.45, 7) is 0.471. The second-order valence-electron chi connectivity index (χ2n) is 7.54. The molecule has 1 aromatic carbocycles. The normalized spacial score (nSPS) is 18.1. The van der Waals surface area contributed by atoms with Crippen LogP contribution >= 0.6 is 23.1 Å². The molecule has 3 heterocycles. The van der Waals surface area contributed by atoms with Gasteiger partial charge in [-0.05, 0) is 24.5 Å². The maximum absolute atomic E-state index is 12.6. The number of carbonyl (C=O) groups is 1. The van der Waals surface area contributed by atoms with Crippen LogP contribution in [0.3, 0.4) is 0 Å². The molecule has 1 aliphatic rings. The van der Waals surface area contributed by atoms with Crippen molar-refractivity contribution in [3.8, 4) is 0 Å². The van der Waals surface area contributed by atoms with Gasteiger partial charge < -0.3 is 9.47 Å². The van der Waals surface area contributed by atoms with Crippen molar-refractivity contribution in [3.05, 3.63) is 35.1 Å². The van der Waals surface area contributed by atoms with Crippen molar-refractivity contribution in [2.75, 3.05) is 24.3 Å². The van der Waals surface area contributed by atoms with Crippen LogP contribution in [-0.4, -0.2) is 63.3 Å². The van der Waals surface area contributed by atoms with E-state index in [-0.39, 0.29) is 29.1 Å². The molecule has 0 N–H and O–H groups in total. The van der Waals surface area contributed by atoms with Gasteiger partial charge in [0.25, 0.3) is 0 Å². The third-order valence-electron chi connectivity index (χ3n) is 5.18. The molecule has 4 rings (SSSR count). The Labute approximate surface area is 183 Å². The summed E-state index contributed by atoms with van der Waals surface area (Å²) in [6.07, 6.45) is 1.27. The van der Waals surface area contributed by atoms with E-state index >= 15 is 0 Å². The lowest BCUT2D eigenvalue weighted by molar-refractivity contribution is -0.127. The lowest BCUT2D eigenvalue weighted by atomic mass is 10.1. The Morgan fingerprint density at radius 3 is 2.87 bits per heavy atom. The van der Waals surface area contributed by atoms with Gasteiger partial charge in [0.15, 0.2) is 15.0 Å².